The van der Waals surface area contributed by atoms with E-state index in [1.807, 2.05) is 133 Å². The Labute approximate surface area is 468 Å². The van der Waals surface area contributed by atoms with Gasteiger partial charge < -0.3 is 46.4 Å². The first-order chi connectivity index (χ1) is 35.7. The van der Waals surface area contributed by atoms with Gasteiger partial charge in [0.2, 0.25) is 11.8 Å². The maximum atomic E-state index is 14.0. The number of likely N-dealkylation sites (N-methyl/N-ethyl adjacent to an activating group) is 1. The van der Waals surface area contributed by atoms with E-state index in [1.165, 1.54) is 25.3 Å². The first-order valence-corrected chi connectivity index (χ1v) is 24.9. The Bertz CT molecular complexity index is 2490. The molecule has 6 aromatic carbocycles. The van der Waals surface area contributed by atoms with Gasteiger partial charge in [0.25, 0.3) is 0 Å². The number of aliphatic hydroxyl groups excluding tert-OH is 1. The van der Waals surface area contributed by atoms with Crippen LogP contribution in [0.15, 0.2) is 182 Å². The molecule has 2 fully saturated rings. The average Bonchev–Trinajstić information content (AvgIpc) is 4.11. The molecule has 75 heavy (non-hydrogen) atoms. The molecule has 14 heteroatoms. The number of carbonyl (C=O) groups is 4. The van der Waals surface area contributed by atoms with E-state index >= 15 is 0 Å². The maximum absolute atomic E-state index is 14.0. The maximum Gasteiger partial charge on any atom is 1.00 e. The van der Waals surface area contributed by atoms with Gasteiger partial charge in [-0.3, -0.25) is 9.59 Å². The smallest absolute Gasteiger partial charge is 0.512 e. The first-order valence-electron chi connectivity index (χ1n) is 24.9. The Morgan fingerprint density at radius 2 is 0.907 bits per heavy atom. The third-order valence-corrected chi connectivity index (χ3v) is 13.5. The van der Waals surface area contributed by atoms with E-state index in [2.05, 4.69) is 65.8 Å². The molecule has 3 radical (unpaired) electrons. The summed E-state index contributed by atoms with van der Waals surface area (Å²) in [5, 5.41) is 16.8. The summed E-state index contributed by atoms with van der Waals surface area (Å²) in [6.07, 6.45) is 5.15. The van der Waals surface area contributed by atoms with Crippen LogP contribution in [0, 0.1) is 11.8 Å². The molecule has 0 saturated carbocycles. The largest absolute Gasteiger partial charge is 1.00 e. The number of benzene rings is 6. The van der Waals surface area contributed by atoms with Gasteiger partial charge in [-0.2, -0.15) is 0 Å². The molecule has 0 spiro atoms. The molecule has 4 atom stereocenters. The minimum Gasteiger partial charge on any atom is -0.512 e. The zero-order valence-corrected chi connectivity index (χ0v) is 46.1. The Morgan fingerprint density at radius 1 is 0.573 bits per heavy atom. The van der Waals surface area contributed by atoms with Gasteiger partial charge in [0.05, 0.1) is 26.1 Å². The molecule has 0 aromatic heterocycles. The van der Waals surface area contributed by atoms with Crippen molar-refractivity contribution in [2.75, 3.05) is 54.6 Å². The molecule has 2 aliphatic heterocycles. The molecule has 385 valence electrons. The third-order valence-electron chi connectivity index (χ3n) is 13.5. The standard InChI is InChI=1S/C30H34N2O3.C29H32N2O3.CN.CH4O.B.Na/c1-31(20-12-15-23-13-6-3-7-14-23)26-21-27(30(34)35-2)32(22-26)29(33)28(24-16-8-4-9-17-24)25-18-10-5-11-19-25;1-34-29(33)26-20-25(30-19-11-14-22-12-5-2-6-13-22)21-31(26)28(32)27(23-15-7-3-8-16-23)24-17-9-4-10-18-24;2*1-2;;/h3-11,13-14,16-19,26-28H,12,15,20-22H2,1-2H3;2-10,12-13,15-18,25-27,30H,11,14,19-21H2,1H3;;2H,1H3;;/q;;-1;;;+1/t26-,27-;25-,26-;;;;/m00..../s1. The number of methoxy groups -OCH3 is 2. The van der Waals surface area contributed by atoms with Crippen LogP contribution in [0.4, 0.5) is 0 Å². The number of esters is 2. The second-order valence-electron chi connectivity index (χ2n) is 18.0. The molecule has 2 N–H and O–H groups in total. The van der Waals surface area contributed by atoms with Crippen molar-refractivity contribution in [3.63, 3.8) is 0 Å². The molecule has 12 nitrogen and oxygen atoms in total. The Kier molecular flexibility index (Phi) is 28.7. The number of ether oxygens (including phenoxy) is 2. The predicted molar refractivity (Wildman–Crippen MR) is 290 cm³/mol. The van der Waals surface area contributed by atoms with Gasteiger partial charge in [0, 0.05) is 40.7 Å². The number of likely N-dealkylation sites (tertiary alicyclic amines) is 2. The van der Waals surface area contributed by atoms with Gasteiger partial charge in [-0.25, -0.2) is 9.59 Å². The summed E-state index contributed by atoms with van der Waals surface area (Å²) in [6.45, 7) is 7.48. The number of rotatable bonds is 18. The van der Waals surface area contributed by atoms with Crippen molar-refractivity contribution in [3.05, 3.63) is 222 Å². The van der Waals surface area contributed by atoms with E-state index in [0.29, 0.717) is 25.9 Å². The van der Waals surface area contributed by atoms with E-state index < -0.39 is 23.9 Å². The van der Waals surface area contributed by atoms with Crippen LogP contribution in [0.2, 0.25) is 0 Å². The number of amides is 2. The van der Waals surface area contributed by atoms with E-state index in [1.54, 1.807) is 9.80 Å². The van der Waals surface area contributed by atoms with Crippen LogP contribution in [0.25, 0.3) is 0 Å². The van der Waals surface area contributed by atoms with Crippen LogP contribution in [0.3, 0.4) is 0 Å². The van der Waals surface area contributed by atoms with Crippen LogP contribution in [0.5, 0.6) is 0 Å². The van der Waals surface area contributed by atoms with Gasteiger partial charge in [0.1, 0.15) is 12.1 Å². The molecule has 2 heterocycles. The molecule has 8 rings (SSSR count). The van der Waals surface area contributed by atoms with Crippen LogP contribution >= 0.6 is 0 Å². The van der Waals surface area contributed by atoms with Crippen molar-refractivity contribution in [1.29, 1.82) is 5.26 Å². The normalized spacial score (nSPS) is 16.3. The Balaban J connectivity index is 0.000000362. The summed E-state index contributed by atoms with van der Waals surface area (Å²) in [5.41, 5.74) is 6.32. The van der Waals surface area contributed by atoms with Crippen LogP contribution < -0.4 is 34.9 Å². The molecular formula is C61H70BN5NaO7. The number of hydrogen-bond acceptors (Lipinski definition) is 10. The Morgan fingerprint density at radius 3 is 1.28 bits per heavy atom. The monoisotopic (exact) mass is 1020 g/mol. The van der Waals surface area contributed by atoms with Gasteiger partial charge in [0.15, 0.2) is 0 Å². The van der Waals surface area contributed by atoms with E-state index in [9.17, 15) is 19.2 Å². The van der Waals surface area contributed by atoms with Gasteiger partial charge in [-0.1, -0.05) is 182 Å². The van der Waals surface area contributed by atoms with Crippen LogP contribution in [0.1, 0.15) is 70.9 Å². The zero-order chi connectivity index (χ0) is 52.4. The SMILES string of the molecule is CO.COC(=O)[C@@H]1C[C@H](N(C)CCCc2ccccc2)CN1C(=O)C(c1ccccc1)c1ccccc1.COC(=O)[C@@H]1C[C@H](NCCCc2ccccc2)CN1C(=O)C(c1ccccc1)c1ccccc1.[B].[C-]#N.[Na+]. The molecule has 2 amide bonds. The summed E-state index contributed by atoms with van der Waals surface area (Å²) < 4.78 is 10.2. The van der Waals surface area contributed by atoms with Crippen molar-refractivity contribution < 1.29 is 63.3 Å². The fourth-order valence-electron chi connectivity index (χ4n) is 9.80. The minimum atomic E-state index is -0.584. The molecular weight excluding hydrogens is 949 g/mol. The van der Waals surface area contributed by atoms with Crippen molar-refractivity contribution in [1.82, 2.24) is 20.0 Å². The number of hydrogen-bond donors (Lipinski definition) is 2. The second-order valence-corrected chi connectivity index (χ2v) is 18.0. The number of nitrogens with zero attached hydrogens (tertiary/aromatic N) is 4. The van der Waals surface area contributed by atoms with Crippen molar-refractivity contribution in [3.8, 4) is 0 Å². The summed E-state index contributed by atoms with van der Waals surface area (Å²) in [6, 6.07) is 59.0. The van der Waals surface area contributed by atoms with Crippen molar-refractivity contribution in [2.45, 2.75) is 74.5 Å². The quantitative estimate of drug-likeness (QED) is 0.0519. The van der Waals surface area contributed by atoms with E-state index in [-0.39, 0.29) is 73.8 Å². The summed E-state index contributed by atoms with van der Waals surface area (Å²) in [5.74, 6) is -1.77. The third kappa shape index (κ3) is 18.2. The number of aryl methyl sites for hydroxylation is 2. The number of carbonyl (C=O) groups excluding carboxylic acids is 4. The molecule has 0 unspecified atom stereocenters. The number of aliphatic hydroxyl groups is 1. The van der Waals surface area contributed by atoms with Crippen LogP contribution in [-0.2, 0) is 41.5 Å². The summed E-state index contributed by atoms with van der Waals surface area (Å²) in [7, 11) is 5.87. The van der Waals surface area contributed by atoms with Crippen molar-refractivity contribution >= 4 is 32.2 Å². The first kappa shape index (κ1) is 62.9. The van der Waals surface area contributed by atoms with Crippen molar-refractivity contribution in [2.24, 2.45) is 0 Å². The van der Waals surface area contributed by atoms with Gasteiger partial charge in [-0.15, -0.1) is 0 Å². The molecule has 0 bridgehead atoms. The fourth-order valence-corrected chi connectivity index (χ4v) is 9.80. The molecule has 2 aliphatic rings. The van der Waals surface area contributed by atoms with E-state index in [4.69, 9.17) is 26.4 Å². The minimum absolute atomic E-state index is 0. The summed E-state index contributed by atoms with van der Waals surface area (Å²) >= 11 is 0. The Hall–Kier alpha value is -6.37. The second kappa shape index (κ2) is 34.3. The average molecular weight is 1020 g/mol. The molecule has 2 saturated heterocycles. The zero-order valence-electron chi connectivity index (χ0n) is 44.1. The van der Waals surface area contributed by atoms with Gasteiger partial charge in [-0.05, 0) is 92.0 Å². The molecule has 6 aromatic rings. The van der Waals surface area contributed by atoms with Gasteiger partial charge >= 0.3 is 41.5 Å². The predicted octanol–water partition coefficient (Wildman–Crippen LogP) is 5.04. The topological polar surface area (TPSA) is 153 Å². The van der Waals surface area contributed by atoms with Crippen LogP contribution in [-0.4, -0.2) is 131 Å². The fraction of sp³-hybridized carbons (Fsp3) is 0.328. The van der Waals surface area contributed by atoms with E-state index in [0.717, 1.165) is 68.1 Å². The molecule has 0 aliphatic carbocycles. The summed E-state index contributed by atoms with van der Waals surface area (Å²) in [4.78, 5) is 59.1. The number of nitrogens with one attached hydrogen (secondary N) is 1.